The summed E-state index contributed by atoms with van der Waals surface area (Å²) >= 11 is 0. The van der Waals surface area contributed by atoms with E-state index in [2.05, 4.69) is 15.5 Å². The van der Waals surface area contributed by atoms with Gasteiger partial charge in [-0.3, -0.25) is 4.79 Å². The fraction of sp³-hybridized carbons (Fsp3) is 0.0556. The summed E-state index contributed by atoms with van der Waals surface area (Å²) in [5, 5.41) is 12.1. The van der Waals surface area contributed by atoms with E-state index in [1.807, 2.05) is 30.3 Å². The van der Waals surface area contributed by atoms with Crippen LogP contribution in [0.3, 0.4) is 0 Å². The molecule has 0 unspecified atom stereocenters. The Labute approximate surface area is 142 Å². The van der Waals surface area contributed by atoms with Crippen molar-refractivity contribution in [1.82, 2.24) is 15.0 Å². The normalized spacial score (nSPS) is 14.1. The highest BCUT2D eigenvalue weighted by atomic mass is 16.7. The number of carbonyl (C=O) groups is 2. The number of rotatable bonds is 2. The van der Waals surface area contributed by atoms with Gasteiger partial charge in [-0.25, -0.2) is 9.48 Å². The molecule has 0 N–H and O–H groups in total. The van der Waals surface area contributed by atoms with Crippen LogP contribution >= 0.6 is 0 Å². The number of nitrogens with zero attached hydrogens (tertiary/aromatic N) is 4. The molecule has 1 heterocycles. The van der Waals surface area contributed by atoms with Crippen molar-refractivity contribution in [2.24, 2.45) is 5.16 Å². The van der Waals surface area contributed by atoms with Crippen LogP contribution in [-0.2, 0) is 9.63 Å². The number of para-hydroxylation sites is 1. The Hall–Kier alpha value is -3.61. The third-order valence-electron chi connectivity index (χ3n) is 3.80. The molecule has 0 saturated carbocycles. The lowest BCUT2D eigenvalue weighted by Crippen LogP contribution is -2.24. The van der Waals surface area contributed by atoms with Gasteiger partial charge in [-0.2, -0.15) is 0 Å². The molecule has 122 valence electrons. The smallest absolute Gasteiger partial charge is 0.318 e. The Morgan fingerprint density at radius 3 is 2.44 bits per heavy atom. The number of benzene rings is 2. The zero-order valence-corrected chi connectivity index (χ0v) is 13.2. The van der Waals surface area contributed by atoms with Gasteiger partial charge in [-0.15, -0.1) is 5.10 Å². The predicted octanol–water partition coefficient (Wildman–Crippen LogP) is 2.13. The van der Waals surface area contributed by atoms with Crippen molar-refractivity contribution in [3.05, 3.63) is 77.1 Å². The highest BCUT2D eigenvalue weighted by molar-refractivity contribution is 6.28. The molecular formula is C18H12N4O3. The molecule has 0 aliphatic heterocycles. The molecule has 0 saturated heterocycles. The second-order valence-corrected chi connectivity index (χ2v) is 5.43. The van der Waals surface area contributed by atoms with Gasteiger partial charge in [0, 0.05) is 18.1 Å². The van der Waals surface area contributed by atoms with Crippen molar-refractivity contribution in [2.75, 3.05) is 0 Å². The van der Waals surface area contributed by atoms with Crippen LogP contribution in [0.1, 0.15) is 34.2 Å². The molecule has 0 fully saturated rings. The van der Waals surface area contributed by atoms with Crippen molar-refractivity contribution in [1.29, 1.82) is 0 Å². The maximum absolute atomic E-state index is 13.0. The summed E-state index contributed by atoms with van der Waals surface area (Å²) in [4.78, 5) is 29.0. The summed E-state index contributed by atoms with van der Waals surface area (Å²) in [6.07, 6.45) is 0. The summed E-state index contributed by atoms with van der Waals surface area (Å²) in [6, 6.07) is 16.2. The van der Waals surface area contributed by atoms with Crippen LogP contribution < -0.4 is 0 Å². The topological polar surface area (TPSA) is 86.4 Å². The average Bonchev–Trinajstić information content (AvgIpc) is 3.07. The summed E-state index contributed by atoms with van der Waals surface area (Å²) in [5.41, 5.74) is 2.60. The zero-order chi connectivity index (χ0) is 17.4. The Morgan fingerprint density at radius 2 is 1.72 bits per heavy atom. The van der Waals surface area contributed by atoms with Crippen molar-refractivity contribution in [2.45, 2.75) is 6.92 Å². The van der Waals surface area contributed by atoms with Crippen LogP contribution in [0, 0.1) is 0 Å². The number of carbonyl (C=O) groups excluding carboxylic acids is 2. The summed E-state index contributed by atoms with van der Waals surface area (Å²) in [7, 11) is 0. The summed E-state index contributed by atoms with van der Waals surface area (Å²) in [6.45, 7) is 1.26. The highest BCUT2D eigenvalue weighted by Gasteiger charge is 2.34. The van der Waals surface area contributed by atoms with Crippen molar-refractivity contribution in [3.63, 3.8) is 0 Å². The highest BCUT2D eigenvalue weighted by Crippen LogP contribution is 2.28. The van der Waals surface area contributed by atoms with E-state index < -0.39 is 5.97 Å². The van der Waals surface area contributed by atoms with E-state index in [0.717, 1.165) is 0 Å². The molecule has 4 rings (SSSR count). The molecule has 0 amide bonds. The van der Waals surface area contributed by atoms with Crippen molar-refractivity contribution in [3.8, 4) is 5.69 Å². The molecule has 25 heavy (non-hydrogen) atoms. The maximum atomic E-state index is 13.0. The van der Waals surface area contributed by atoms with Gasteiger partial charge in [0.05, 0.1) is 5.69 Å². The number of ketones is 1. The first-order valence-electron chi connectivity index (χ1n) is 7.58. The first-order chi connectivity index (χ1) is 12.2. The van der Waals surface area contributed by atoms with Gasteiger partial charge in [0.1, 0.15) is 17.1 Å². The van der Waals surface area contributed by atoms with Gasteiger partial charge >= 0.3 is 5.97 Å². The number of fused-ring (bicyclic) bond motifs is 2. The minimum Gasteiger partial charge on any atom is -0.318 e. The van der Waals surface area contributed by atoms with Gasteiger partial charge in [-0.1, -0.05) is 52.8 Å². The van der Waals surface area contributed by atoms with E-state index >= 15 is 0 Å². The van der Waals surface area contributed by atoms with E-state index in [4.69, 9.17) is 4.84 Å². The number of oxime groups is 1. The molecule has 0 atom stereocenters. The lowest BCUT2D eigenvalue weighted by atomic mass is 9.89. The molecule has 1 aliphatic carbocycles. The molecule has 1 aliphatic rings. The molecule has 0 bridgehead atoms. The quantitative estimate of drug-likeness (QED) is 0.414. The number of hydrogen-bond acceptors (Lipinski definition) is 6. The van der Waals surface area contributed by atoms with Crippen LogP contribution in [0.4, 0.5) is 0 Å². The van der Waals surface area contributed by atoms with Gasteiger partial charge in [0.25, 0.3) is 0 Å². The molecule has 3 aromatic rings. The van der Waals surface area contributed by atoms with Crippen molar-refractivity contribution >= 4 is 17.5 Å². The standard InChI is InChI=1S/C18H12N4O3/c1-11(23)25-20-15-13-9-5-6-10-14(13)18(24)17-16(15)19-21-22(17)12-7-3-2-4-8-12/h2-10H,1H3. The van der Waals surface area contributed by atoms with Crippen LogP contribution in [0.15, 0.2) is 59.8 Å². The number of hydrogen-bond donors (Lipinski definition) is 0. The van der Waals surface area contributed by atoms with E-state index in [1.54, 1.807) is 24.3 Å². The lowest BCUT2D eigenvalue weighted by molar-refractivity contribution is -0.140. The first kappa shape index (κ1) is 14.9. The molecule has 2 aromatic carbocycles. The first-order valence-corrected chi connectivity index (χ1v) is 7.58. The molecule has 1 aromatic heterocycles. The number of aromatic nitrogens is 3. The third kappa shape index (κ3) is 2.42. The summed E-state index contributed by atoms with van der Waals surface area (Å²) < 4.78 is 1.47. The Kier molecular flexibility index (Phi) is 3.46. The SMILES string of the molecule is CC(=O)ON=C1c2ccccc2C(=O)c2c1nnn2-c1ccccc1. The van der Waals surface area contributed by atoms with Crippen LogP contribution in [-0.4, -0.2) is 32.5 Å². The van der Waals surface area contributed by atoms with Crippen LogP contribution in [0.5, 0.6) is 0 Å². The minimum atomic E-state index is -0.557. The van der Waals surface area contributed by atoms with Gasteiger partial charge in [-0.05, 0) is 12.1 Å². The second-order valence-electron chi connectivity index (χ2n) is 5.43. The fourth-order valence-corrected chi connectivity index (χ4v) is 2.74. The fourth-order valence-electron chi connectivity index (χ4n) is 2.74. The zero-order valence-electron chi connectivity index (χ0n) is 13.2. The molecular weight excluding hydrogens is 320 g/mol. The van der Waals surface area contributed by atoms with E-state index in [-0.39, 0.29) is 17.2 Å². The second kappa shape index (κ2) is 5.79. The monoisotopic (exact) mass is 332 g/mol. The predicted molar refractivity (Wildman–Crippen MR) is 88.6 cm³/mol. The van der Waals surface area contributed by atoms with E-state index in [9.17, 15) is 9.59 Å². The molecule has 0 spiro atoms. The maximum Gasteiger partial charge on any atom is 0.332 e. The van der Waals surface area contributed by atoms with Crippen LogP contribution in [0.25, 0.3) is 5.69 Å². The summed E-state index contributed by atoms with van der Waals surface area (Å²) in [5.74, 6) is -0.764. The third-order valence-corrected chi connectivity index (χ3v) is 3.80. The average molecular weight is 332 g/mol. The Morgan fingerprint density at radius 1 is 1.04 bits per heavy atom. The minimum absolute atomic E-state index is 0.207. The van der Waals surface area contributed by atoms with Gasteiger partial charge in [0.2, 0.25) is 5.78 Å². The van der Waals surface area contributed by atoms with Gasteiger partial charge in [0.15, 0.2) is 0 Å². The van der Waals surface area contributed by atoms with Crippen molar-refractivity contribution < 1.29 is 14.4 Å². The lowest BCUT2D eigenvalue weighted by Gasteiger charge is -2.16. The Balaban J connectivity index is 1.96. The molecule has 7 nitrogen and oxygen atoms in total. The largest absolute Gasteiger partial charge is 0.332 e. The van der Waals surface area contributed by atoms with E-state index in [0.29, 0.717) is 22.5 Å². The van der Waals surface area contributed by atoms with Gasteiger partial charge < -0.3 is 4.84 Å². The Bertz CT molecular complexity index is 1020. The molecule has 0 radical (unpaired) electrons. The van der Waals surface area contributed by atoms with Crippen LogP contribution in [0.2, 0.25) is 0 Å². The van der Waals surface area contributed by atoms with E-state index in [1.165, 1.54) is 11.6 Å². The molecule has 7 heteroatoms.